The highest BCUT2D eigenvalue weighted by atomic mass is 19.4. The first-order chi connectivity index (χ1) is 8.17. The number of nitrogens with two attached hydrogens (primary N) is 1. The zero-order valence-electron chi connectivity index (χ0n) is 10.1. The second-order valence-electron chi connectivity index (χ2n) is 3.65. The summed E-state index contributed by atoms with van der Waals surface area (Å²) in [6.07, 6.45) is -4.48. The van der Waals surface area contributed by atoms with E-state index in [4.69, 9.17) is 5.73 Å². The quantitative estimate of drug-likeness (QED) is 0.655. The number of hydrogen-bond donors (Lipinski definition) is 2. The number of alkyl halides is 3. The summed E-state index contributed by atoms with van der Waals surface area (Å²) in [6, 6.07) is -0.949. The molecule has 18 heavy (non-hydrogen) atoms. The average Bonchev–Trinajstić information content (AvgIpc) is 2.24. The van der Waals surface area contributed by atoms with E-state index < -0.39 is 37.1 Å². The van der Waals surface area contributed by atoms with Crippen LogP contribution >= 0.6 is 0 Å². The molecule has 0 spiro atoms. The van der Waals surface area contributed by atoms with Gasteiger partial charge in [-0.05, 0) is 0 Å². The molecule has 0 aromatic carbocycles. The van der Waals surface area contributed by atoms with Crippen molar-refractivity contribution in [2.45, 2.75) is 12.2 Å². The van der Waals surface area contributed by atoms with Gasteiger partial charge >= 0.3 is 6.18 Å². The maximum absolute atomic E-state index is 11.8. The highest BCUT2D eigenvalue weighted by Gasteiger charge is 2.28. The summed E-state index contributed by atoms with van der Waals surface area (Å²) in [7, 11) is 2.62. The van der Waals surface area contributed by atoms with E-state index in [1.807, 2.05) is 0 Å². The minimum atomic E-state index is -4.48. The number of carbonyl (C=O) groups excluding carboxylic acids is 2. The lowest BCUT2D eigenvalue weighted by molar-refractivity contribution is -0.142. The van der Waals surface area contributed by atoms with Crippen molar-refractivity contribution in [3.63, 3.8) is 0 Å². The van der Waals surface area contributed by atoms with Crippen molar-refractivity contribution < 1.29 is 27.5 Å². The Kier molecular flexibility index (Phi) is 6.63. The highest BCUT2D eigenvalue weighted by molar-refractivity contribution is 5.87. The van der Waals surface area contributed by atoms with Gasteiger partial charge in [-0.1, -0.05) is 0 Å². The van der Waals surface area contributed by atoms with E-state index in [-0.39, 0.29) is 6.61 Å². The molecular weight excluding hydrogens is 255 g/mol. The third-order valence-electron chi connectivity index (χ3n) is 1.91. The smallest absolute Gasteiger partial charge is 0.383 e. The molecule has 0 fully saturated rings. The predicted octanol–water partition coefficient (Wildman–Crippen LogP) is -0.903. The molecule has 0 aliphatic heterocycles. The third kappa shape index (κ3) is 7.07. The van der Waals surface area contributed by atoms with Crippen LogP contribution in [0.4, 0.5) is 13.2 Å². The predicted molar refractivity (Wildman–Crippen MR) is 56.6 cm³/mol. The molecule has 0 aliphatic carbocycles. The summed E-state index contributed by atoms with van der Waals surface area (Å²) in [4.78, 5) is 23.5. The molecule has 1 atom stereocenters. The number of carbonyl (C=O) groups is 2. The maximum atomic E-state index is 11.8. The topological polar surface area (TPSA) is 84.7 Å². The number of likely N-dealkylation sites (N-methyl/N-ethyl adjacent to an activating group) is 1. The summed E-state index contributed by atoms with van der Waals surface area (Å²) in [5.41, 5.74) is 5.42. The Hall–Kier alpha value is -1.35. The van der Waals surface area contributed by atoms with Gasteiger partial charge in [-0.2, -0.15) is 13.2 Å². The lowest BCUT2D eigenvalue weighted by Gasteiger charge is -2.20. The van der Waals surface area contributed by atoms with Gasteiger partial charge < -0.3 is 20.7 Å². The number of nitrogens with one attached hydrogen (secondary N) is 1. The van der Waals surface area contributed by atoms with Gasteiger partial charge in [-0.25, -0.2) is 0 Å². The molecule has 0 saturated heterocycles. The van der Waals surface area contributed by atoms with Crippen molar-refractivity contribution in [1.29, 1.82) is 0 Å². The molecular formula is C9H16F3N3O3. The van der Waals surface area contributed by atoms with Gasteiger partial charge in [0.05, 0.1) is 13.2 Å². The Labute approximate surface area is 102 Å². The van der Waals surface area contributed by atoms with Gasteiger partial charge in [-0.3, -0.25) is 9.59 Å². The fraction of sp³-hybridized carbons (Fsp3) is 0.778. The number of halogens is 3. The van der Waals surface area contributed by atoms with Gasteiger partial charge in [0.1, 0.15) is 12.6 Å². The Morgan fingerprint density at radius 2 is 2.00 bits per heavy atom. The monoisotopic (exact) mass is 271 g/mol. The van der Waals surface area contributed by atoms with Crippen LogP contribution in [-0.4, -0.2) is 62.8 Å². The van der Waals surface area contributed by atoms with Crippen LogP contribution in [0, 0.1) is 0 Å². The van der Waals surface area contributed by atoms with Crippen LogP contribution in [0.5, 0.6) is 0 Å². The average molecular weight is 271 g/mol. The largest absolute Gasteiger partial charge is 0.405 e. The molecule has 0 heterocycles. The SMILES string of the molecule is COCC(N)C(=O)N(C)CC(=O)NCC(F)(F)F. The zero-order chi connectivity index (χ0) is 14.3. The third-order valence-corrected chi connectivity index (χ3v) is 1.91. The Morgan fingerprint density at radius 3 is 2.44 bits per heavy atom. The Bertz CT molecular complexity index is 297. The van der Waals surface area contributed by atoms with Crippen molar-refractivity contribution in [2.24, 2.45) is 5.73 Å². The molecule has 0 aliphatic rings. The van der Waals surface area contributed by atoms with E-state index >= 15 is 0 Å². The van der Waals surface area contributed by atoms with E-state index in [2.05, 4.69) is 4.74 Å². The first kappa shape index (κ1) is 16.6. The van der Waals surface area contributed by atoms with Crippen molar-refractivity contribution in [1.82, 2.24) is 10.2 Å². The van der Waals surface area contributed by atoms with Crippen LogP contribution in [0.15, 0.2) is 0 Å². The summed E-state index contributed by atoms with van der Waals surface area (Å²) in [6.45, 7) is -1.96. The van der Waals surface area contributed by atoms with Crippen LogP contribution < -0.4 is 11.1 Å². The molecule has 0 radical (unpaired) electrons. The fourth-order valence-corrected chi connectivity index (χ4v) is 1.08. The summed E-state index contributed by atoms with van der Waals surface area (Å²) in [5.74, 6) is -1.49. The van der Waals surface area contributed by atoms with Crippen molar-refractivity contribution in [3.05, 3.63) is 0 Å². The lowest BCUT2D eigenvalue weighted by Crippen LogP contribution is -2.48. The van der Waals surface area contributed by atoms with Crippen LogP contribution in [0.25, 0.3) is 0 Å². The van der Waals surface area contributed by atoms with Gasteiger partial charge in [0.25, 0.3) is 0 Å². The molecule has 0 saturated carbocycles. The normalized spacial score (nSPS) is 13.0. The minimum absolute atomic E-state index is 0.0344. The molecule has 0 rings (SSSR count). The van der Waals surface area contributed by atoms with E-state index in [0.29, 0.717) is 0 Å². The van der Waals surface area contributed by atoms with Crippen LogP contribution in [0.1, 0.15) is 0 Å². The molecule has 0 aromatic heterocycles. The van der Waals surface area contributed by atoms with Crippen LogP contribution in [0.2, 0.25) is 0 Å². The van der Waals surface area contributed by atoms with E-state index in [1.54, 1.807) is 5.32 Å². The minimum Gasteiger partial charge on any atom is -0.383 e. The zero-order valence-corrected chi connectivity index (χ0v) is 10.1. The number of methoxy groups -OCH3 is 1. The first-order valence-electron chi connectivity index (χ1n) is 5.00. The fourth-order valence-electron chi connectivity index (χ4n) is 1.08. The molecule has 106 valence electrons. The molecule has 3 N–H and O–H groups in total. The Morgan fingerprint density at radius 1 is 1.44 bits per heavy atom. The van der Waals surface area contributed by atoms with E-state index in [9.17, 15) is 22.8 Å². The highest BCUT2D eigenvalue weighted by Crippen LogP contribution is 2.11. The van der Waals surface area contributed by atoms with Gasteiger partial charge in [0, 0.05) is 14.2 Å². The van der Waals surface area contributed by atoms with Gasteiger partial charge in [-0.15, -0.1) is 0 Å². The number of ether oxygens (including phenoxy) is 1. The lowest BCUT2D eigenvalue weighted by atomic mass is 10.3. The van der Waals surface area contributed by atoms with E-state index in [0.717, 1.165) is 4.90 Å². The van der Waals surface area contributed by atoms with E-state index in [1.165, 1.54) is 14.2 Å². The molecule has 2 amide bonds. The molecule has 6 nitrogen and oxygen atoms in total. The maximum Gasteiger partial charge on any atom is 0.405 e. The molecule has 1 unspecified atom stereocenters. The van der Waals surface area contributed by atoms with Crippen LogP contribution in [0.3, 0.4) is 0 Å². The Balaban J connectivity index is 4.11. The standard InChI is InChI=1S/C9H16F3N3O3/c1-15(8(17)6(13)4-18-2)3-7(16)14-5-9(10,11)12/h6H,3-5,13H2,1-2H3,(H,14,16). The summed E-state index contributed by atoms with van der Waals surface area (Å²) in [5, 5.41) is 1.65. The number of nitrogens with zero attached hydrogens (tertiary/aromatic N) is 1. The number of hydrogen-bond acceptors (Lipinski definition) is 4. The van der Waals surface area contributed by atoms with Crippen molar-refractivity contribution in [3.8, 4) is 0 Å². The second-order valence-corrected chi connectivity index (χ2v) is 3.65. The van der Waals surface area contributed by atoms with Gasteiger partial charge in [0.15, 0.2) is 0 Å². The number of rotatable bonds is 6. The summed E-state index contributed by atoms with van der Waals surface area (Å²) >= 11 is 0. The summed E-state index contributed by atoms with van der Waals surface area (Å²) < 4.78 is 40.1. The van der Waals surface area contributed by atoms with Crippen LogP contribution in [-0.2, 0) is 14.3 Å². The van der Waals surface area contributed by atoms with Crippen molar-refractivity contribution in [2.75, 3.05) is 33.9 Å². The molecule has 9 heteroatoms. The van der Waals surface area contributed by atoms with Gasteiger partial charge in [0.2, 0.25) is 11.8 Å². The molecule has 0 bridgehead atoms. The van der Waals surface area contributed by atoms with Crippen molar-refractivity contribution >= 4 is 11.8 Å². The second kappa shape index (κ2) is 7.17. The number of amides is 2. The first-order valence-corrected chi connectivity index (χ1v) is 5.00. The molecule has 0 aromatic rings.